The highest BCUT2D eigenvalue weighted by Crippen LogP contribution is 2.24. The second-order valence-corrected chi connectivity index (χ2v) is 6.71. The number of nitrogens with zero attached hydrogens (tertiary/aromatic N) is 3. The molecule has 0 bridgehead atoms. The Balaban J connectivity index is 1.94. The van der Waals surface area contributed by atoms with Crippen molar-refractivity contribution >= 4 is 32.1 Å². The van der Waals surface area contributed by atoms with Crippen LogP contribution in [0.2, 0.25) is 0 Å². The molecule has 0 fully saturated rings. The van der Waals surface area contributed by atoms with Crippen molar-refractivity contribution in [3.63, 3.8) is 0 Å². The Hall–Kier alpha value is -2.01. The number of hydrogen-bond donors (Lipinski definition) is 3. The number of hydrogen-bond acceptors (Lipinski definition) is 7. The van der Waals surface area contributed by atoms with Crippen LogP contribution in [-0.4, -0.2) is 22.8 Å². The molecule has 0 unspecified atom stereocenters. The van der Waals surface area contributed by atoms with E-state index < -0.39 is 10.0 Å². The van der Waals surface area contributed by atoms with Crippen LogP contribution in [0.15, 0.2) is 41.1 Å². The van der Waals surface area contributed by atoms with Crippen LogP contribution in [0.5, 0.6) is 0 Å². The van der Waals surface area contributed by atoms with Crippen LogP contribution in [0.1, 0.15) is 5.56 Å². The highest BCUT2D eigenvalue weighted by atomic mass is 32.2. The van der Waals surface area contributed by atoms with Gasteiger partial charge in [0.25, 0.3) is 10.0 Å². The fourth-order valence-corrected chi connectivity index (χ4v) is 3.90. The van der Waals surface area contributed by atoms with E-state index in [1.807, 2.05) is 0 Å². The highest BCUT2D eigenvalue weighted by Gasteiger charge is 2.25. The number of rotatable bonds is 5. The molecule has 3 aromatic rings. The molecule has 0 aliphatic heterocycles. The average Bonchev–Trinajstić information content (AvgIpc) is 3.06. The lowest BCUT2D eigenvalue weighted by molar-refractivity contribution is 0.576. The number of nitrogen functional groups attached to an aromatic ring is 1. The van der Waals surface area contributed by atoms with Gasteiger partial charge in [-0.25, -0.2) is 19.0 Å². The van der Waals surface area contributed by atoms with Crippen LogP contribution >= 0.6 is 11.3 Å². The van der Waals surface area contributed by atoms with E-state index in [0.717, 1.165) is 5.56 Å². The predicted molar refractivity (Wildman–Crippen MR) is 79.1 cm³/mol. The first kappa shape index (κ1) is 13.9. The second-order valence-electron chi connectivity index (χ2n) is 4.15. The number of aromatic nitrogens is 3. The number of pyridine rings is 1. The van der Waals surface area contributed by atoms with Crippen LogP contribution in [0.3, 0.4) is 0 Å². The number of anilines is 1. The van der Waals surface area contributed by atoms with Gasteiger partial charge in [0, 0.05) is 30.5 Å². The van der Waals surface area contributed by atoms with E-state index in [1.54, 1.807) is 36.1 Å². The molecule has 0 radical (unpaired) electrons. The van der Waals surface area contributed by atoms with Gasteiger partial charge < -0.3 is 5.43 Å². The Kier molecular flexibility index (Phi) is 3.59. The molecule has 21 heavy (non-hydrogen) atoms. The van der Waals surface area contributed by atoms with E-state index in [4.69, 9.17) is 5.84 Å². The number of fused-ring (bicyclic) bond motifs is 1. The summed E-state index contributed by atoms with van der Waals surface area (Å²) in [6.45, 7) is 0.136. The smallest absolute Gasteiger partial charge is 0.260 e. The van der Waals surface area contributed by atoms with Gasteiger partial charge in [-0.3, -0.25) is 9.38 Å². The third kappa shape index (κ3) is 2.61. The minimum absolute atomic E-state index is 0.00913. The fourth-order valence-electron chi connectivity index (χ4n) is 1.87. The molecule has 3 aromatic heterocycles. The molecular formula is C11H12N6O2S2. The van der Waals surface area contributed by atoms with Crippen molar-refractivity contribution < 1.29 is 8.42 Å². The zero-order valence-electron chi connectivity index (χ0n) is 10.7. The maximum Gasteiger partial charge on any atom is 0.260 e. The Bertz CT molecular complexity index is 855. The maximum atomic E-state index is 12.5. The molecule has 110 valence electrons. The van der Waals surface area contributed by atoms with Crippen molar-refractivity contribution in [2.45, 2.75) is 11.6 Å². The van der Waals surface area contributed by atoms with Crippen molar-refractivity contribution in [2.24, 2.45) is 5.84 Å². The summed E-state index contributed by atoms with van der Waals surface area (Å²) < 4.78 is 28.9. The summed E-state index contributed by atoms with van der Waals surface area (Å²) >= 11 is 1.32. The summed E-state index contributed by atoms with van der Waals surface area (Å²) in [5.74, 6) is 5.47. The van der Waals surface area contributed by atoms with Crippen molar-refractivity contribution in [2.75, 3.05) is 5.43 Å². The van der Waals surface area contributed by atoms with E-state index in [9.17, 15) is 8.42 Å². The van der Waals surface area contributed by atoms with Gasteiger partial charge in [0.15, 0.2) is 10.8 Å². The van der Waals surface area contributed by atoms with E-state index in [1.165, 1.54) is 15.7 Å². The third-order valence-corrected chi connectivity index (χ3v) is 4.98. The van der Waals surface area contributed by atoms with Gasteiger partial charge in [-0.15, -0.1) is 11.3 Å². The lowest BCUT2D eigenvalue weighted by Gasteiger charge is -2.07. The molecule has 3 rings (SSSR count). The molecule has 0 spiro atoms. The Labute approximate surface area is 124 Å². The average molecular weight is 324 g/mol. The van der Waals surface area contributed by atoms with E-state index in [-0.39, 0.29) is 17.4 Å². The molecular weight excluding hydrogens is 312 g/mol. The number of hydrazine groups is 1. The summed E-state index contributed by atoms with van der Waals surface area (Å²) in [5.41, 5.74) is 3.08. The molecule has 0 aromatic carbocycles. The molecule has 8 nitrogen and oxygen atoms in total. The van der Waals surface area contributed by atoms with Crippen LogP contribution in [0, 0.1) is 0 Å². The van der Waals surface area contributed by atoms with Crippen molar-refractivity contribution in [1.29, 1.82) is 0 Å². The summed E-state index contributed by atoms with van der Waals surface area (Å²) in [6.07, 6.45) is 4.86. The lowest BCUT2D eigenvalue weighted by Crippen LogP contribution is -2.26. The maximum absolute atomic E-state index is 12.5. The quantitative estimate of drug-likeness (QED) is 0.466. The van der Waals surface area contributed by atoms with Crippen LogP contribution in [0.25, 0.3) is 4.96 Å². The van der Waals surface area contributed by atoms with Gasteiger partial charge in [0.05, 0.1) is 0 Å². The first-order valence-corrected chi connectivity index (χ1v) is 8.29. The lowest BCUT2D eigenvalue weighted by atomic mass is 10.3. The van der Waals surface area contributed by atoms with Gasteiger partial charge in [-0.2, -0.15) is 4.98 Å². The molecule has 0 aliphatic rings. The SMILES string of the molecule is NNc1nc2sccn2c1S(=O)(=O)NCc1cccnc1. The van der Waals surface area contributed by atoms with E-state index >= 15 is 0 Å². The van der Waals surface area contributed by atoms with Crippen LogP contribution < -0.4 is 16.0 Å². The standard InChI is InChI=1S/C11H12N6O2S2/c12-16-9-10(17-4-5-20-11(17)15-9)21(18,19)14-7-8-2-1-3-13-6-8/h1-6,14,16H,7,12H2. The number of imidazole rings is 1. The number of thiazole rings is 1. The molecule has 0 amide bonds. The van der Waals surface area contributed by atoms with Gasteiger partial charge in [0.2, 0.25) is 5.03 Å². The first-order chi connectivity index (χ1) is 10.1. The van der Waals surface area contributed by atoms with Gasteiger partial charge in [-0.1, -0.05) is 6.07 Å². The summed E-state index contributed by atoms with van der Waals surface area (Å²) in [6, 6.07) is 3.53. The number of nitrogens with two attached hydrogens (primary N) is 1. The molecule has 3 heterocycles. The predicted octanol–water partition coefficient (Wildman–Crippen LogP) is 0.555. The van der Waals surface area contributed by atoms with E-state index in [2.05, 4.69) is 20.1 Å². The van der Waals surface area contributed by atoms with Crippen molar-refractivity contribution in [3.05, 3.63) is 41.7 Å². The first-order valence-electron chi connectivity index (χ1n) is 5.92. The molecule has 0 aliphatic carbocycles. The second kappa shape index (κ2) is 5.41. The van der Waals surface area contributed by atoms with Crippen molar-refractivity contribution in [1.82, 2.24) is 19.1 Å². The van der Waals surface area contributed by atoms with E-state index in [0.29, 0.717) is 4.96 Å². The largest absolute Gasteiger partial charge is 0.306 e. The highest BCUT2D eigenvalue weighted by molar-refractivity contribution is 7.89. The van der Waals surface area contributed by atoms with Gasteiger partial charge >= 0.3 is 0 Å². The zero-order chi connectivity index (χ0) is 14.9. The Morgan fingerprint density at radius 3 is 3.00 bits per heavy atom. The van der Waals surface area contributed by atoms with Gasteiger partial charge in [-0.05, 0) is 11.6 Å². The number of nitrogens with one attached hydrogen (secondary N) is 2. The van der Waals surface area contributed by atoms with Gasteiger partial charge in [0.1, 0.15) is 0 Å². The fraction of sp³-hybridized carbons (Fsp3) is 0.0909. The Morgan fingerprint density at radius 1 is 1.43 bits per heavy atom. The Morgan fingerprint density at radius 2 is 2.29 bits per heavy atom. The number of sulfonamides is 1. The minimum Gasteiger partial charge on any atom is -0.306 e. The summed E-state index contributed by atoms with van der Waals surface area (Å²) in [5, 5.41) is 1.74. The third-order valence-electron chi connectivity index (χ3n) is 2.80. The monoisotopic (exact) mass is 324 g/mol. The molecule has 0 atom stereocenters. The van der Waals surface area contributed by atoms with Crippen LogP contribution in [0.4, 0.5) is 5.82 Å². The molecule has 4 N–H and O–H groups in total. The van der Waals surface area contributed by atoms with Crippen LogP contribution in [-0.2, 0) is 16.6 Å². The molecule has 0 saturated heterocycles. The van der Waals surface area contributed by atoms with Crippen molar-refractivity contribution in [3.8, 4) is 0 Å². The molecule has 0 saturated carbocycles. The summed E-state index contributed by atoms with van der Waals surface area (Å²) in [7, 11) is -3.77. The topological polar surface area (TPSA) is 114 Å². The molecule has 10 heteroatoms. The summed E-state index contributed by atoms with van der Waals surface area (Å²) in [4.78, 5) is 8.61. The normalized spacial score (nSPS) is 11.9. The minimum atomic E-state index is -3.77. The zero-order valence-corrected chi connectivity index (χ0v) is 12.4.